The lowest BCUT2D eigenvalue weighted by Crippen LogP contribution is -2.38. The molecule has 0 aliphatic heterocycles. The molecule has 0 aromatic heterocycles. The summed E-state index contributed by atoms with van der Waals surface area (Å²) in [5.41, 5.74) is 1.12. The predicted octanol–water partition coefficient (Wildman–Crippen LogP) is 2.41. The Labute approximate surface area is 127 Å². The largest absolute Gasteiger partial charge is 0.493 e. The Balaban J connectivity index is 2.63. The fourth-order valence-corrected chi connectivity index (χ4v) is 1.81. The normalized spacial score (nSPS) is 11.4. The molecule has 1 rings (SSSR count). The van der Waals surface area contributed by atoms with Gasteiger partial charge in [-0.1, -0.05) is 19.9 Å². The average molecular weight is 293 g/mol. The lowest BCUT2D eigenvalue weighted by atomic mass is 10.2. The number of aliphatic imine (C=N–C) groups is 1. The molecule has 0 amide bonds. The standard InChI is InChI=1S/C16H27N3O2/c1-6-21-15-9-13(7-8-14(15)20-5)11-19-16(17-4)18-10-12(2)3/h7-9,12H,6,10-11H2,1-5H3,(H2,17,18,19). The molecule has 0 unspecified atom stereocenters. The first-order valence-electron chi connectivity index (χ1n) is 7.34. The van der Waals surface area contributed by atoms with Crippen molar-refractivity contribution in [2.24, 2.45) is 10.9 Å². The van der Waals surface area contributed by atoms with Crippen LogP contribution >= 0.6 is 0 Å². The molecule has 0 spiro atoms. The molecule has 2 N–H and O–H groups in total. The van der Waals surface area contributed by atoms with E-state index in [0.717, 1.165) is 29.6 Å². The van der Waals surface area contributed by atoms with E-state index in [1.165, 1.54) is 0 Å². The van der Waals surface area contributed by atoms with E-state index in [-0.39, 0.29) is 0 Å². The second kappa shape index (κ2) is 9.10. The summed E-state index contributed by atoms with van der Waals surface area (Å²) in [6, 6.07) is 5.93. The minimum Gasteiger partial charge on any atom is -0.493 e. The molecule has 0 fully saturated rings. The van der Waals surface area contributed by atoms with Crippen molar-refractivity contribution in [3.63, 3.8) is 0 Å². The summed E-state index contributed by atoms with van der Waals surface area (Å²) in [6.45, 7) is 8.48. The van der Waals surface area contributed by atoms with Crippen LogP contribution < -0.4 is 20.1 Å². The molecule has 118 valence electrons. The number of hydrogen-bond donors (Lipinski definition) is 2. The molecular formula is C16H27N3O2. The van der Waals surface area contributed by atoms with Crippen LogP contribution in [0.2, 0.25) is 0 Å². The van der Waals surface area contributed by atoms with Crippen LogP contribution in [0.1, 0.15) is 26.3 Å². The third-order valence-corrected chi connectivity index (χ3v) is 2.89. The van der Waals surface area contributed by atoms with E-state index in [9.17, 15) is 0 Å². The molecule has 5 nitrogen and oxygen atoms in total. The van der Waals surface area contributed by atoms with Crippen LogP contribution in [0.3, 0.4) is 0 Å². The zero-order valence-corrected chi connectivity index (χ0v) is 13.7. The zero-order chi connectivity index (χ0) is 15.7. The minimum absolute atomic E-state index is 0.578. The zero-order valence-electron chi connectivity index (χ0n) is 13.7. The Morgan fingerprint density at radius 3 is 2.57 bits per heavy atom. The SMILES string of the molecule is CCOc1cc(CNC(=NC)NCC(C)C)ccc1OC. The Hall–Kier alpha value is -1.91. The molecule has 1 aromatic rings. The van der Waals surface area contributed by atoms with Gasteiger partial charge in [0.05, 0.1) is 13.7 Å². The first kappa shape index (κ1) is 17.1. The molecule has 21 heavy (non-hydrogen) atoms. The number of ether oxygens (including phenoxy) is 2. The van der Waals surface area contributed by atoms with E-state index in [1.54, 1.807) is 14.2 Å². The van der Waals surface area contributed by atoms with Crippen LogP contribution in [-0.4, -0.2) is 33.3 Å². The molecule has 0 radical (unpaired) electrons. The van der Waals surface area contributed by atoms with Crippen LogP contribution in [0.15, 0.2) is 23.2 Å². The summed E-state index contributed by atoms with van der Waals surface area (Å²) in [4.78, 5) is 4.21. The summed E-state index contributed by atoms with van der Waals surface area (Å²) in [5.74, 6) is 2.90. The van der Waals surface area contributed by atoms with Crippen LogP contribution in [0.5, 0.6) is 11.5 Å². The first-order chi connectivity index (χ1) is 10.1. The van der Waals surface area contributed by atoms with E-state index < -0.39 is 0 Å². The third-order valence-electron chi connectivity index (χ3n) is 2.89. The van der Waals surface area contributed by atoms with Gasteiger partial charge in [-0.25, -0.2) is 0 Å². The molecule has 0 saturated carbocycles. The van der Waals surface area contributed by atoms with Crippen molar-refractivity contribution >= 4 is 5.96 Å². The second-order valence-electron chi connectivity index (χ2n) is 5.12. The smallest absolute Gasteiger partial charge is 0.191 e. The van der Waals surface area contributed by atoms with Gasteiger partial charge in [0, 0.05) is 20.1 Å². The Morgan fingerprint density at radius 1 is 1.24 bits per heavy atom. The van der Waals surface area contributed by atoms with E-state index in [1.807, 2.05) is 25.1 Å². The highest BCUT2D eigenvalue weighted by molar-refractivity contribution is 5.79. The van der Waals surface area contributed by atoms with E-state index in [2.05, 4.69) is 29.5 Å². The quantitative estimate of drug-likeness (QED) is 0.599. The molecule has 5 heteroatoms. The summed E-state index contributed by atoms with van der Waals surface area (Å²) >= 11 is 0. The van der Waals surface area contributed by atoms with E-state index in [4.69, 9.17) is 9.47 Å². The third kappa shape index (κ3) is 5.94. The van der Waals surface area contributed by atoms with Crippen LogP contribution in [-0.2, 0) is 6.54 Å². The molecule has 0 heterocycles. The summed E-state index contributed by atoms with van der Waals surface area (Å²) in [7, 11) is 3.42. The molecular weight excluding hydrogens is 266 g/mol. The molecule has 1 aromatic carbocycles. The molecule has 0 aliphatic carbocycles. The molecule has 0 bridgehead atoms. The maximum absolute atomic E-state index is 5.58. The number of hydrogen-bond acceptors (Lipinski definition) is 3. The average Bonchev–Trinajstić information content (AvgIpc) is 2.48. The van der Waals surface area contributed by atoms with E-state index in [0.29, 0.717) is 19.1 Å². The molecule has 0 saturated heterocycles. The predicted molar refractivity (Wildman–Crippen MR) is 87.2 cm³/mol. The first-order valence-corrected chi connectivity index (χ1v) is 7.34. The molecule has 0 atom stereocenters. The summed E-state index contributed by atoms with van der Waals surface area (Å²) in [5, 5.41) is 6.57. The Morgan fingerprint density at radius 2 is 2.00 bits per heavy atom. The van der Waals surface area contributed by atoms with Crippen LogP contribution in [0.4, 0.5) is 0 Å². The number of methoxy groups -OCH3 is 1. The fourth-order valence-electron chi connectivity index (χ4n) is 1.81. The number of nitrogens with zero attached hydrogens (tertiary/aromatic N) is 1. The highest BCUT2D eigenvalue weighted by atomic mass is 16.5. The maximum Gasteiger partial charge on any atom is 0.191 e. The molecule has 0 aliphatic rings. The van der Waals surface area contributed by atoms with Gasteiger partial charge in [-0.3, -0.25) is 4.99 Å². The Bertz CT molecular complexity index is 459. The number of nitrogens with one attached hydrogen (secondary N) is 2. The maximum atomic E-state index is 5.58. The monoisotopic (exact) mass is 293 g/mol. The summed E-state index contributed by atoms with van der Waals surface area (Å²) in [6.07, 6.45) is 0. The van der Waals surface area contributed by atoms with Gasteiger partial charge < -0.3 is 20.1 Å². The van der Waals surface area contributed by atoms with Crippen molar-refractivity contribution < 1.29 is 9.47 Å². The van der Waals surface area contributed by atoms with Gasteiger partial charge in [-0.15, -0.1) is 0 Å². The van der Waals surface area contributed by atoms with Gasteiger partial charge in [-0.2, -0.15) is 0 Å². The van der Waals surface area contributed by atoms with Crippen molar-refractivity contribution in [1.82, 2.24) is 10.6 Å². The van der Waals surface area contributed by atoms with Crippen molar-refractivity contribution in [2.45, 2.75) is 27.3 Å². The van der Waals surface area contributed by atoms with Gasteiger partial charge in [0.1, 0.15) is 0 Å². The number of guanidine groups is 1. The van der Waals surface area contributed by atoms with Crippen molar-refractivity contribution in [1.29, 1.82) is 0 Å². The minimum atomic E-state index is 0.578. The lowest BCUT2D eigenvalue weighted by Gasteiger charge is -2.15. The summed E-state index contributed by atoms with van der Waals surface area (Å²) < 4.78 is 10.9. The van der Waals surface area contributed by atoms with Gasteiger partial charge in [0.2, 0.25) is 0 Å². The second-order valence-corrected chi connectivity index (χ2v) is 5.12. The van der Waals surface area contributed by atoms with Crippen LogP contribution in [0.25, 0.3) is 0 Å². The Kier molecular flexibility index (Phi) is 7.43. The van der Waals surface area contributed by atoms with E-state index >= 15 is 0 Å². The van der Waals surface area contributed by atoms with Gasteiger partial charge >= 0.3 is 0 Å². The number of rotatable bonds is 7. The lowest BCUT2D eigenvalue weighted by molar-refractivity contribution is 0.310. The van der Waals surface area contributed by atoms with Gasteiger partial charge in [-0.05, 0) is 30.5 Å². The highest BCUT2D eigenvalue weighted by Gasteiger charge is 2.06. The van der Waals surface area contributed by atoms with Crippen molar-refractivity contribution in [2.75, 3.05) is 27.3 Å². The van der Waals surface area contributed by atoms with Crippen molar-refractivity contribution in [3.8, 4) is 11.5 Å². The van der Waals surface area contributed by atoms with Gasteiger partial charge in [0.25, 0.3) is 0 Å². The topological polar surface area (TPSA) is 54.9 Å². The van der Waals surface area contributed by atoms with Crippen molar-refractivity contribution in [3.05, 3.63) is 23.8 Å². The number of benzene rings is 1. The fraction of sp³-hybridized carbons (Fsp3) is 0.562. The van der Waals surface area contributed by atoms with Gasteiger partial charge in [0.15, 0.2) is 17.5 Å². The highest BCUT2D eigenvalue weighted by Crippen LogP contribution is 2.27. The van der Waals surface area contributed by atoms with Crippen LogP contribution in [0, 0.1) is 5.92 Å².